The first-order valence-corrected chi connectivity index (χ1v) is 7.70. The van der Waals surface area contributed by atoms with Gasteiger partial charge >= 0.3 is 0 Å². The largest absolute Gasteiger partial charge is 0.381 e. The molecule has 2 aromatic rings. The third-order valence-electron chi connectivity index (χ3n) is 3.87. The molecule has 108 valence electrons. The summed E-state index contributed by atoms with van der Waals surface area (Å²) in [6.45, 7) is 0. The van der Waals surface area contributed by atoms with E-state index in [9.17, 15) is 10.1 Å². The first-order valence-electron chi connectivity index (χ1n) is 6.91. The highest BCUT2D eigenvalue weighted by atomic mass is 79.9. The zero-order valence-corrected chi connectivity index (χ0v) is 13.0. The monoisotopic (exact) mass is 346 g/mol. The molecule has 0 radical (unpaired) electrons. The molecular weight excluding hydrogens is 332 g/mol. The zero-order chi connectivity index (χ0) is 14.8. The van der Waals surface area contributed by atoms with E-state index in [2.05, 4.69) is 45.5 Å². The van der Waals surface area contributed by atoms with Crippen molar-refractivity contribution in [1.29, 1.82) is 0 Å². The maximum atomic E-state index is 10.9. The highest BCUT2D eigenvalue weighted by Gasteiger charge is 2.19. The van der Waals surface area contributed by atoms with Crippen LogP contribution in [0.5, 0.6) is 0 Å². The van der Waals surface area contributed by atoms with Gasteiger partial charge in [0.1, 0.15) is 0 Å². The Balaban J connectivity index is 1.79. The molecule has 5 heteroatoms. The number of nitro benzene ring substituents is 1. The van der Waals surface area contributed by atoms with Crippen LogP contribution in [0.1, 0.15) is 17.5 Å². The van der Waals surface area contributed by atoms with Crippen molar-refractivity contribution in [2.24, 2.45) is 0 Å². The topological polar surface area (TPSA) is 55.2 Å². The molecule has 1 aliphatic carbocycles. The molecule has 0 bridgehead atoms. The van der Waals surface area contributed by atoms with Crippen molar-refractivity contribution in [3.8, 4) is 0 Å². The van der Waals surface area contributed by atoms with Crippen molar-refractivity contribution < 1.29 is 4.92 Å². The van der Waals surface area contributed by atoms with Gasteiger partial charge in [-0.25, -0.2) is 0 Å². The van der Waals surface area contributed by atoms with Gasteiger partial charge in [-0.1, -0.05) is 24.3 Å². The van der Waals surface area contributed by atoms with Crippen LogP contribution < -0.4 is 5.32 Å². The van der Waals surface area contributed by atoms with E-state index in [1.807, 2.05) is 0 Å². The summed E-state index contributed by atoms with van der Waals surface area (Å²) >= 11 is 3.45. The fraction of sp³-hybridized carbons (Fsp3) is 0.250. The molecule has 0 saturated carbocycles. The van der Waals surface area contributed by atoms with Crippen molar-refractivity contribution >= 4 is 27.3 Å². The van der Waals surface area contributed by atoms with Gasteiger partial charge in [0.05, 0.1) is 10.6 Å². The molecule has 0 aliphatic heterocycles. The van der Waals surface area contributed by atoms with Gasteiger partial charge in [0, 0.05) is 22.6 Å². The lowest BCUT2D eigenvalue weighted by molar-refractivity contribution is -0.384. The van der Waals surface area contributed by atoms with Gasteiger partial charge in [-0.05, 0) is 52.4 Å². The van der Waals surface area contributed by atoms with E-state index in [-0.39, 0.29) is 10.6 Å². The van der Waals surface area contributed by atoms with E-state index in [1.54, 1.807) is 12.1 Å². The molecule has 1 unspecified atom stereocenters. The lowest BCUT2D eigenvalue weighted by Gasteiger charge is -2.26. The van der Waals surface area contributed by atoms with Crippen LogP contribution in [0, 0.1) is 10.1 Å². The normalized spacial score (nSPS) is 17.1. The molecule has 0 aromatic heterocycles. The number of nitro groups is 1. The van der Waals surface area contributed by atoms with Gasteiger partial charge in [0.15, 0.2) is 0 Å². The standard InChI is InChI=1S/C16H15BrN2O2/c17-15-8-7-14(19(20)21)10-16(15)18-13-6-5-11-3-1-2-4-12(11)9-13/h1-4,7-8,10,13,18H,5-6,9H2. The van der Waals surface area contributed by atoms with Crippen LogP contribution in [-0.4, -0.2) is 11.0 Å². The number of rotatable bonds is 3. The number of hydrogen-bond acceptors (Lipinski definition) is 3. The second kappa shape index (κ2) is 5.85. The Morgan fingerprint density at radius 1 is 1.19 bits per heavy atom. The average Bonchev–Trinajstić information content (AvgIpc) is 2.49. The number of hydrogen-bond donors (Lipinski definition) is 1. The summed E-state index contributed by atoms with van der Waals surface area (Å²) in [7, 11) is 0. The molecule has 2 aromatic carbocycles. The molecule has 1 aliphatic rings. The third-order valence-corrected chi connectivity index (χ3v) is 4.56. The number of fused-ring (bicyclic) bond motifs is 1. The Morgan fingerprint density at radius 2 is 1.95 bits per heavy atom. The minimum atomic E-state index is -0.367. The van der Waals surface area contributed by atoms with Crippen molar-refractivity contribution in [2.45, 2.75) is 25.3 Å². The minimum Gasteiger partial charge on any atom is -0.381 e. The fourth-order valence-corrected chi connectivity index (χ4v) is 3.14. The van der Waals surface area contributed by atoms with Crippen molar-refractivity contribution in [2.75, 3.05) is 5.32 Å². The molecule has 0 fully saturated rings. The minimum absolute atomic E-state index is 0.108. The molecule has 0 spiro atoms. The second-order valence-corrected chi connectivity index (χ2v) is 6.13. The maximum Gasteiger partial charge on any atom is 0.271 e. The van der Waals surface area contributed by atoms with Crippen molar-refractivity contribution in [1.82, 2.24) is 0 Å². The highest BCUT2D eigenvalue weighted by Crippen LogP contribution is 2.30. The molecule has 0 heterocycles. The Hall–Kier alpha value is -1.88. The summed E-state index contributed by atoms with van der Waals surface area (Å²) in [5, 5.41) is 14.3. The van der Waals surface area contributed by atoms with E-state index in [0.717, 1.165) is 29.4 Å². The summed E-state index contributed by atoms with van der Waals surface area (Å²) in [6.07, 6.45) is 3.03. The lowest BCUT2D eigenvalue weighted by Crippen LogP contribution is -2.27. The quantitative estimate of drug-likeness (QED) is 0.664. The van der Waals surface area contributed by atoms with Crippen LogP contribution in [0.4, 0.5) is 11.4 Å². The van der Waals surface area contributed by atoms with E-state index >= 15 is 0 Å². The van der Waals surface area contributed by atoms with E-state index in [4.69, 9.17) is 0 Å². The lowest BCUT2D eigenvalue weighted by atomic mass is 9.88. The van der Waals surface area contributed by atoms with Crippen molar-refractivity contribution in [3.05, 3.63) is 68.2 Å². The number of benzene rings is 2. The van der Waals surface area contributed by atoms with Crippen LogP contribution in [0.25, 0.3) is 0 Å². The predicted molar refractivity (Wildman–Crippen MR) is 86.7 cm³/mol. The summed E-state index contributed by atoms with van der Waals surface area (Å²) in [5.74, 6) is 0. The SMILES string of the molecule is O=[N+]([O-])c1ccc(Br)c(NC2CCc3ccccc3C2)c1. The first-order chi connectivity index (χ1) is 10.1. The van der Waals surface area contributed by atoms with Crippen LogP contribution in [-0.2, 0) is 12.8 Å². The smallest absolute Gasteiger partial charge is 0.271 e. The average molecular weight is 347 g/mol. The molecule has 1 atom stereocenters. The summed E-state index contributed by atoms with van der Waals surface area (Å²) in [4.78, 5) is 10.5. The van der Waals surface area contributed by atoms with Gasteiger partial charge in [-0.15, -0.1) is 0 Å². The van der Waals surface area contributed by atoms with Crippen LogP contribution in [0.2, 0.25) is 0 Å². The first kappa shape index (κ1) is 14.1. The number of aryl methyl sites for hydroxylation is 1. The Kier molecular flexibility index (Phi) is 3.92. The predicted octanol–water partition coefficient (Wildman–Crippen LogP) is 4.33. The van der Waals surface area contributed by atoms with Crippen LogP contribution in [0.15, 0.2) is 46.9 Å². The molecule has 1 N–H and O–H groups in total. The van der Waals surface area contributed by atoms with Gasteiger partial charge in [-0.2, -0.15) is 0 Å². The fourth-order valence-electron chi connectivity index (χ4n) is 2.78. The highest BCUT2D eigenvalue weighted by molar-refractivity contribution is 9.10. The molecule has 21 heavy (non-hydrogen) atoms. The summed E-state index contributed by atoms with van der Waals surface area (Å²) in [5.41, 5.74) is 3.67. The second-order valence-electron chi connectivity index (χ2n) is 5.27. The summed E-state index contributed by atoms with van der Waals surface area (Å²) < 4.78 is 0.854. The summed E-state index contributed by atoms with van der Waals surface area (Å²) in [6, 6.07) is 13.6. The Labute approximate surface area is 131 Å². The Morgan fingerprint density at radius 3 is 2.71 bits per heavy atom. The van der Waals surface area contributed by atoms with Gasteiger partial charge in [0.25, 0.3) is 5.69 Å². The zero-order valence-electron chi connectivity index (χ0n) is 11.4. The van der Waals surface area contributed by atoms with Crippen LogP contribution >= 0.6 is 15.9 Å². The number of nitrogens with zero attached hydrogens (tertiary/aromatic N) is 1. The molecular formula is C16H15BrN2O2. The van der Waals surface area contributed by atoms with Crippen molar-refractivity contribution in [3.63, 3.8) is 0 Å². The van der Waals surface area contributed by atoms with E-state index < -0.39 is 0 Å². The van der Waals surface area contributed by atoms with E-state index in [1.165, 1.54) is 17.2 Å². The molecule has 0 amide bonds. The third kappa shape index (κ3) is 3.08. The van der Waals surface area contributed by atoms with E-state index in [0.29, 0.717) is 6.04 Å². The number of halogens is 1. The van der Waals surface area contributed by atoms with Gasteiger partial charge in [0.2, 0.25) is 0 Å². The molecule has 3 rings (SSSR count). The number of anilines is 1. The number of non-ortho nitro benzene ring substituents is 1. The number of nitrogens with one attached hydrogen (secondary N) is 1. The van der Waals surface area contributed by atoms with Gasteiger partial charge < -0.3 is 5.32 Å². The Bertz CT molecular complexity index is 688. The van der Waals surface area contributed by atoms with Gasteiger partial charge in [-0.3, -0.25) is 10.1 Å². The van der Waals surface area contributed by atoms with Crippen LogP contribution in [0.3, 0.4) is 0 Å². The molecule has 0 saturated heterocycles. The molecule has 4 nitrogen and oxygen atoms in total. The maximum absolute atomic E-state index is 10.9.